The van der Waals surface area contributed by atoms with Crippen molar-refractivity contribution < 1.29 is 9.59 Å². The first-order valence-electron chi connectivity index (χ1n) is 8.24. The summed E-state index contributed by atoms with van der Waals surface area (Å²) in [4.78, 5) is 26.7. The molecule has 120 valence electrons. The van der Waals surface area contributed by atoms with Crippen molar-refractivity contribution in [3.8, 4) is 6.07 Å². The van der Waals surface area contributed by atoms with Crippen LogP contribution in [0.2, 0.25) is 0 Å². The molecule has 2 aliphatic rings. The average molecular weight is 311 g/mol. The molecule has 23 heavy (non-hydrogen) atoms. The van der Waals surface area contributed by atoms with E-state index < -0.39 is 11.8 Å². The molecule has 1 saturated heterocycles. The molecule has 1 aromatic carbocycles. The number of likely N-dealkylation sites (tertiary alicyclic amines) is 1. The Morgan fingerprint density at radius 3 is 2.61 bits per heavy atom. The first-order chi connectivity index (χ1) is 11.1. The number of rotatable bonds is 1. The van der Waals surface area contributed by atoms with E-state index in [1.54, 1.807) is 29.2 Å². The maximum Gasteiger partial charge on any atom is 0.313 e. The molecule has 5 heteroatoms. The van der Waals surface area contributed by atoms with Crippen LogP contribution in [0.5, 0.6) is 0 Å². The Labute approximate surface area is 136 Å². The summed E-state index contributed by atoms with van der Waals surface area (Å²) in [6.45, 7) is 2.03. The van der Waals surface area contributed by atoms with Crippen molar-refractivity contribution in [3.63, 3.8) is 0 Å². The molecule has 1 aromatic rings. The van der Waals surface area contributed by atoms with Gasteiger partial charge in [0.2, 0.25) is 0 Å². The normalized spacial score (nSPS) is 26.3. The van der Waals surface area contributed by atoms with E-state index in [9.17, 15) is 9.59 Å². The van der Waals surface area contributed by atoms with E-state index in [2.05, 4.69) is 5.32 Å². The van der Waals surface area contributed by atoms with Crippen LogP contribution >= 0.6 is 0 Å². The van der Waals surface area contributed by atoms with Gasteiger partial charge >= 0.3 is 11.8 Å². The minimum Gasteiger partial charge on any atom is -0.328 e. The standard InChI is InChI=1S/C18H21N3O2/c1-12-10-14-4-2-3-5-16(14)21(12)18(23)17(22)20-15-8-6-13(11-19)7-9-15/h6-9,12,14,16H,2-5,10H2,1H3,(H,20,22). The van der Waals surface area contributed by atoms with E-state index in [4.69, 9.17) is 5.26 Å². The van der Waals surface area contributed by atoms with Crippen LogP contribution in [0, 0.1) is 17.2 Å². The topological polar surface area (TPSA) is 73.2 Å². The van der Waals surface area contributed by atoms with Gasteiger partial charge in [-0.05, 0) is 56.4 Å². The number of fused-ring (bicyclic) bond motifs is 1. The number of amides is 2. The first kappa shape index (κ1) is 15.5. The molecule has 3 rings (SSSR count). The quantitative estimate of drug-likeness (QED) is 0.810. The van der Waals surface area contributed by atoms with Gasteiger partial charge in [0.15, 0.2) is 0 Å². The van der Waals surface area contributed by atoms with Crippen molar-refractivity contribution in [1.29, 1.82) is 5.26 Å². The van der Waals surface area contributed by atoms with Crippen LogP contribution in [0.3, 0.4) is 0 Å². The second-order valence-electron chi connectivity index (χ2n) is 6.55. The fourth-order valence-corrected chi connectivity index (χ4v) is 3.99. The van der Waals surface area contributed by atoms with E-state index in [0.29, 0.717) is 17.2 Å². The monoisotopic (exact) mass is 311 g/mol. The largest absolute Gasteiger partial charge is 0.328 e. The maximum absolute atomic E-state index is 12.6. The van der Waals surface area contributed by atoms with E-state index in [0.717, 1.165) is 25.7 Å². The molecule has 3 unspecified atom stereocenters. The summed E-state index contributed by atoms with van der Waals surface area (Å²) in [6, 6.07) is 8.89. The number of nitrogens with zero attached hydrogens (tertiary/aromatic N) is 2. The maximum atomic E-state index is 12.6. The highest BCUT2D eigenvalue weighted by molar-refractivity contribution is 6.39. The number of carbonyl (C=O) groups is 2. The summed E-state index contributed by atoms with van der Waals surface area (Å²) in [5.74, 6) is -0.477. The zero-order valence-electron chi connectivity index (χ0n) is 13.3. The van der Waals surface area contributed by atoms with Crippen LogP contribution < -0.4 is 5.32 Å². The smallest absolute Gasteiger partial charge is 0.313 e. The van der Waals surface area contributed by atoms with Crippen LogP contribution in [0.1, 0.15) is 44.6 Å². The average Bonchev–Trinajstić information content (AvgIpc) is 2.90. The van der Waals surface area contributed by atoms with Gasteiger partial charge < -0.3 is 10.2 Å². The highest BCUT2D eigenvalue weighted by Crippen LogP contribution is 2.39. The second-order valence-corrected chi connectivity index (χ2v) is 6.55. The minimum absolute atomic E-state index is 0.127. The third-order valence-electron chi connectivity index (χ3n) is 5.05. The molecule has 3 atom stereocenters. The van der Waals surface area contributed by atoms with E-state index in [-0.39, 0.29) is 12.1 Å². The Hall–Kier alpha value is -2.35. The van der Waals surface area contributed by atoms with Gasteiger partial charge in [-0.15, -0.1) is 0 Å². The third-order valence-corrected chi connectivity index (χ3v) is 5.05. The molecule has 2 amide bonds. The summed E-state index contributed by atoms with van der Waals surface area (Å²) in [5.41, 5.74) is 1.06. The highest BCUT2D eigenvalue weighted by atomic mass is 16.2. The second kappa shape index (κ2) is 6.41. The van der Waals surface area contributed by atoms with Crippen LogP contribution in [0.25, 0.3) is 0 Å². The Balaban J connectivity index is 1.69. The number of hydrogen-bond acceptors (Lipinski definition) is 3. The number of carbonyl (C=O) groups excluding carboxylic acids is 2. The van der Waals surface area contributed by atoms with Crippen molar-refractivity contribution in [2.45, 2.75) is 51.1 Å². The number of nitriles is 1. The van der Waals surface area contributed by atoms with Crippen molar-refractivity contribution >= 4 is 17.5 Å². The van der Waals surface area contributed by atoms with Crippen LogP contribution in [0.15, 0.2) is 24.3 Å². The highest BCUT2D eigenvalue weighted by Gasteiger charge is 2.44. The fourth-order valence-electron chi connectivity index (χ4n) is 3.99. The van der Waals surface area contributed by atoms with Crippen molar-refractivity contribution in [1.82, 2.24) is 4.90 Å². The van der Waals surface area contributed by atoms with Crippen molar-refractivity contribution in [2.24, 2.45) is 5.92 Å². The Morgan fingerprint density at radius 1 is 1.22 bits per heavy atom. The van der Waals surface area contributed by atoms with Crippen molar-refractivity contribution in [3.05, 3.63) is 29.8 Å². The Bertz CT molecular complexity index is 647. The minimum atomic E-state index is -0.590. The Kier molecular flexibility index (Phi) is 4.33. The molecule has 0 bridgehead atoms. The van der Waals surface area contributed by atoms with E-state index in [1.165, 1.54) is 6.42 Å². The van der Waals surface area contributed by atoms with Crippen molar-refractivity contribution in [2.75, 3.05) is 5.32 Å². The fraction of sp³-hybridized carbons (Fsp3) is 0.500. The van der Waals surface area contributed by atoms with Gasteiger partial charge in [-0.2, -0.15) is 5.26 Å². The summed E-state index contributed by atoms with van der Waals surface area (Å²) in [6.07, 6.45) is 5.53. The van der Waals surface area contributed by atoms with Crippen LogP contribution in [-0.4, -0.2) is 28.8 Å². The Morgan fingerprint density at radius 2 is 1.91 bits per heavy atom. The summed E-state index contributed by atoms with van der Waals surface area (Å²) in [5, 5.41) is 11.4. The SMILES string of the molecule is CC1CC2CCCCC2N1C(=O)C(=O)Nc1ccc(C#N)cc1. The molecule has 5 nitrogen and oxygen atoms in total. The molecule has 1 aliphatic heterocycles. The molecule has 0 radical (unpaired) electrons. The third kappa shape index (κ3) is 3.07. The summed E-state index contributed by atoms with van der Waals surface area (Å²) >= 11 is 0. The molecule has 2 fully saturated rings. The number of nitrogens with one attached hydrogen (secondary N) is 1. The molecule has 1 saturated carbocycles. The van der Waals surface area contributed by atoms with Crippen LogP contribution in [-0.2, 0) is 9.59 Å². The lowest BCUT2D eigenvalue weighted by Gasteiger charge is -2.32. The molecule has 0 spiro atoms. The van der Waals surface area contributed by atoms with E-state index >= 15 is 0 Å². The van der Waals surface area contributed by atoms with Gasteiger partial charge in [-0.25, -0.2) is 0 Å². The van der Waals surface area contributed by atoms with Gasteiger partial charge in [-0.1, -0.05) is 12.8 Å². The lowest BCUT2D eigenvalue weighted by atomic mass is 9.85. The van der Waals surface area contributed by atoms with Gasteiger partial charge in [0, 0.05) is 17.8 Å². The summed E-state index contributed by atoms with van der Waals surface area (Å²) in [7, 11) is 0. The van der Waals surface area contributed by atoms with Gasteiger partial charge in [-0.3, -0.25) is 9.59 Å². The molecule has 1 aliphatic carbocycles. The molecular weight excluding hydrogens is 290 g/mol. The predicted octanol–water partition coefficient (Wildman–Crippen LogP) is 2.68. The number of benzene rings is 1. The number of anilines is 1. The predicted molar refractivity (Wildman–Crippen MR) is 86.5 cm³/mol. The summed E-state index contributed by atoms with van der Waals surface area (Å²) < 4.78 is 0. The molecule has 1 N–H and O–H groups in total. The first-order valence-corrected chi connectivity index (χ1v) is 8.24. The van der Waals surface area contributed by atoms with Gasteiger partial charge in [0.05, 0.1) is 11.6 Å². The lowest BCUT2D eigenvalue weighted by molar-refractivity contribution is -0.145. The lowest BCUT2D eigenvalue weighted by Crippen LogP contribution is -2.47. The van der Waals surface area contributed by atoms with Crippen LogP contribution in [0.4, 0.5) is 5.69 Å². The van der Waals surface area contributed by atoms with Gasteiger partial charge in [0.25, 0.3) is 0 Å². The molecule has 0 aromatic heterocycles. The zero-order valence-corrected chi connectivity index (χ0v) is 13.3. The zero-order chi connectivity index (χ0) is 16.4. The number of hydrogen-bond donors (Lipinski definition) is 1. The molecular formula is C18H21N3O2. The van der Waals surface area contributed by atoms with Gasteiger partial charge in [0.1, 0.15) is 0 Å². The van der Waals surface area contributed by atoms with E-state index in [1.807, 2.05) is 13.0 Å². The molecule has 1 heterocycles.